The van der Waals surface area contributed by atoms with Crippen molar-refractivity contribution < 1.29 is 19.0 Å². The van der Waals surface area contributed by atoms with Crippen LogP contribution in [0.15, 0.2) is 11.8 Å². The Hall–Kier alpha value is -1.07. The minimum absolute atomic E-state index is 0.0813. The van der Waals surface area contributed by atoms with Crippen molar-refractivity contribution in [3.63, 3.8) is 0 Å². The Morgan fingerprint density at radius 1 is 1.53 bits per heavy atom. The van der Waals surface area contributed by atoms with Gasteiger partial charge in [0.1, 0.15) is 0 Å². The van der Waals surface area contributed by atoms with E-state index in [2.05, 4.69) is 0 Å². The van der Waals surface area contributed by atoms with Crippen molar-refractivity contribution in [2.75, 3.05) is 13.7 Å². The van der Waals surface area contributed by atoms with Gasteiger partial charge in [-0.15, -0.1) is 0 Å². The van der Waals surface area contributed by atoms with Crippen LogP contribution in [0.1, 0.15) is 26.7 Å². The monoisotopic (exact) mass is 269 g/mol. The van der Waals surface area contributed by atoms with E-state index in [0.717, 1.165) is 12.8 Å². The third-order valence-electron chi connectivity index (χ3n) is 4.03. The summed E-state index contributed by atoms with van der Waals surface area (Å²) in [5.41, 5.74) is 6.46. The maximum Gasteiger partial charge on any atom is 0.337 e. The van der Waals surface area contributed by atoms with Gasteiger partial charge >= 0.3 is 5.97 Å². The molecule has 1 aliphatic carbocycles. The molecule has 0 aromatic rings. The lowest BCUT2D eigenvalue weighted by Crippen LogP contribution is -2.41. The largest absolute Gasteiger partial charge is 0.472 e. The molecule has 0 saturated heterocycles. The van der Waals surface area contributed by atoms with E-state index < -0.39 is 0 Å². The third-order valence-corrected chi connectivity index (χ3v) is 4.03. The van der Waals surface area contributed by atoms with Crippen molar-refractivity contribution in [2.45, 2.75) is 39.1 Å². The molecule has 19 heavy (non-hydrogen) atoms. The Morgan fingerprint density at radius 3 is 2.84 bits per heavy atom. The summed E-state index contributed by atoms with van der Waals surface area (Å²) in [6, 6.07) is 0. The maximum atomic E-state index is 11.8. The van der Waals surface area contributed by atoms with Gasteiger partial charge in [0.15, 0.2) is 0 Å². The molecule has 0 amide bonds. The molecule has 2 N–H and O–H groups in total. The highest BCUT2D eigenvalue weighted by Crippen LogP contribution is 2.46. The Balaban J connectivity index is 2.22. The number of ether oxygens (including phenoxy) is 3. The van der Waals surface area contributed by atoms with E-state index in [1.165, 1.54) is 13.4 Å². The molecule has 0 aromatic heterocycles. The highest BCUT2D eigenvalue weighted by atomic mass is 16.7. The van der Waals surface area contributed by atoms with E-state index in [0.29, 0.717) is 18.0 Å². The van der Waals surface area contributed by atoms with Crippen LogP contribution in [-0.2, 0) is 19.0 Å². The summed E-state index contributed by atoms with van der Waals surface area (Å²) < 4.78 is 16.3. The first-order chi connectivity index (χ1) is 9.08. The number of carbonyl (C=O) groups is 1. The molecule has 2 rings (SSSR count). The summed E-state index contributed by atoms with van der Waals surface area (Å²) in [5.74, 6) is 0.308. The Kier molecular flexibility index (Phi) is 4.47. The molecule has 4 atom stereocenters. The molecular weight excluding hydrogens is 246 g/mol. The van der Waals surface area contributed by atoms with Gasteiger partial charge in [0.05, 0.1) is 25.0 Å². The molecule has 0 spiro atoms. The summed E-state index contributed by atoms with van der Waals surface area (Å²) >= 11 is 0. The van der Waals surface area contributed by atoms with Crippen LogP contribution in [0.25, 0.3) is 0 Å². The van der Waals surface area contributed by atoms with Crippen LogP contribution in [0.3, 0.4) is 0 Å². The maximum absolute atomic E-state index is 11.8. The molecule has 5 nitrogen and oxygen atoms in total. The van der Waals surface area contributed by atoms with E-state index in [1.54, 1.807) is 0 Å². The van der Waals surface area contributed by atoms with Gasteiger partial charge in [-0.2, -0.15) is 0 Å². The van der Waals surface area contributed by atoms with Gasteiger partial charge in [0, 0.05) is 11.8 Å². The fraction of sp³-hybridized carbons (Fsp3) is 0.786. The standard InChI is InChI=1S/C14H23NO4/c1-8(2)19-14-12-9(6-15)4-5-10(12)11(7-18-14)13(16)17-3/h7-10,12,14H,4-6,15H2,1-3H3/t9?,10?,12?,14-/m0/s1. The zero-order valence-corrected chi connectivity index (χ0v) is 11.8. The van der Waals surface area contributed by atoms with Gasteiger partial charge in [-0.25, -0.2) is 4.79 Å². The predicted molar refractivity (Wildman–Crippen MR) is 70.0 cm³/mol. The van der Waals surface area contributed by atoms with Crippen molar-refractivity contribution in [1.29, 1.82) is 0 Å². The Labute approximate surface area is 114 Å². The van der Waals surface area contributed by atoms with E-state index in [-0.39, 0.29) is 30.2 Å². The van der Waals surface area contributed by atoms with Gasteiger partial charge in [-0.3, -0.25) is 0 Å². The number of fused-ring (bicyclic) bond motifs is 1. The molecule has 0 bridgehead atoms. The van der Waals surface area contributed by atoms with Crippen molar-refractivity contribution >= 4 is 5.97 Å². The van der Waals surface area contributed by atoms with E-state index in [4.69, 9.17) is 19.9 Å². The topological polar surface area (TPSA) is 70.8 Å². The minimum atomic E-state index is -0.311. The summed E-state index contributed by atoms with van der Waals surface area (Å²) in [4.78, 5) is 11.8. The van der Waals surface area contributed by atoms with E-state index >= 15 is 0 Å². The lowest BCUT2D eigenvalue weighted by molar-refractivity contribution is -0.184. The third kappa shape index (κ3) is 2.77. The SMILES string of the molecule is COC(=O)C1=CO[C@@H](OC(C)C)C2C(CN)CCC12. The Bertz CT molecular complexity index is 366. The zero-order valence-electron chi connectivity index (χ0n) is 11.8. The van der Waals surface area contributed by atoms with Crippen LogP contribution in [0, 0.1) is 17.8 Å². The molecule has 1 fully saturated rings. The second-order valence-corrected chi connectivity index (χ2v) is 5.51. The van der Waals surface area contributed by atoms with Gasteiger partial charge in [-0.1, -0.05) is 0 Å². The normalized spacial score (nSPS) is 33.6. The average Bonchev–Trinajstić information content (AvgIpc) is 2.82. The first kappa shape index (κ1) is 14.3. The van der Waals surface area contributed by atoms with Crippen molar-refractivity contribution in [3.05, 3.63) is 11.8 Å². The van der Waals surface area contributed by atoms with Gasteiger partial charge < -0.3 is 19.9 Å². The lowest BCUT2D eigenvalue weighted by atomic mass is 9.83. The molecule has 3 unspecified atom stereocenters. The number of hydrogen-bond acceptors (Lipinski definition) is 5. The number of esters is 1. The Morgan fingerprint density at radius 2 is 2.26 bits per heavy atom. The molecule has 0 aromatic carbocycles. The molecule has 1 aliphatic heterocycles. The quantitative estimate of drug-likeness (QED) is 0.782. The van der Waals surface area contributed by atoms with Crippen LogP contribution in [0.2, 0.25) is 0 Å². The molecule has 2 aliphatic rings. The van der Waals surface area contributed by atoms with Gasteiger partial charge in [0.25, 0.3) is 0 Å². The van der Waals surface area contributed by atoms with Crippen molar-refractivity contribution in [2.24, 2.45) is 23.5 Å². The molecule has 5 heteroatoms. The average molecular weight is 269 g/mol. The fourth-order valence-corrected chi connectivity index (χ4v) is 3.18. The predicted octanol–water partition coefficient (Wildman–Crippen LogP) is 1.43. The molecule has 108 valence electrons. The van der Waals surface area contributed by atoms with Gasteiger partial charge in [-0.05, 0) is 39.2 Å². The first-order valence-corrected chi connectivity index (χ1v) is 6.87. The summed E-state index contributed by atoms with van der Waals surface area (Å²) in [6.07, 6.45) is 3.22. The highest BCUT2D eigenvalue weighted by molar-refractivity contribution is 5.89. The summed E-state index contributed by atoms with van der Waals surface area (Å²) in [6.45, 7) is 4.55. The molecule has 1 saturated carbocycles. The molecular formula is C14H23NO4. The smallest absolute Gasteiger partial charge is 0.337 e. The highest BCUT2D eigenvalue weighted by Gasteiger charge is 2.48. The van der Waals surface area contributed by atoms with E-state index in [9.17, 15) is 4.79 Å². The number of methoxy groups -OCH3 is 1. The summed E-state index contributed by atoms with van der Waals surface area (Å²) in [7, 11) is 1.39. The van der Waals surface area contributed by atoms with Crippen LogP contribution in [0.5, 0.6) is 0 Å². The number of carbonyl (C=O) groups excluding carboxylic acids is 1. The summed E-state index contributed by atoms with van der Waals surface area (Å²) in [5, 5.41) is 0. The fourth-order valence-electron chi connectivity index (χ4n) is 3.18. The molecule has 1 heterocycles. The van der Waals surface area contributed by atoms with Gasteiger partial charge in [0.2, 0.25) is 6.29 Å². The second-order valence-electron chi connectivity index (χ2n) is 5.51. The zero-order chi connectivity index (χ0) is 14.0. The van der Waals surface area contributed by atoms with Crippen LogP contribution in [-0.4, -0.2) is 32.0 Å². The van der Waals surface area contributed by atoms with Crippen molar-refractivity contribution in [3.8, 4) is 0 Å². The second kappa shape index (κ2) is 5.92. The van der Waals surface area contributed by atoms with Crippen LogP contribution >= 0.6 is 0 Å². The number of rotatable bonds is 4. The van der Waals surface area contributed by atoms with Crippen molar-refractivity contribution in [1.82, 2.24) is 0 Å². The van der Waals surface area contributed by atoms with E-state index in [1.807, 2.05) is 13.8 Å². The molecule has 0 radical (unpaired) electrons. The van der Waals surface area contributed by atoms with Crippen LogP contribution < -0.4 is 5.73 Å². The number of hydrogen-bond donors (Lipinski definition) is 1. The first-order valence-electron chi connectivity index (χ1n) is 6.87. The number of nitrogens with two attached hydrogens (primary N) is 1. The minimum Gasteiger partial charge on any atom is -0.472 e. The van der Waals surface area contributed by atoms with Crippen LogP contribution in [0.4, 0.5) is 0 Å². The lowest BCUT2D eigenvalue weighted by Gasteiger charge is -2.36.